The van der Waals surface area contributed by atoms with E-state index >= 15 is 0 Å². The number of thioether (sulfide) groups is 1. The summed E-state index contributed by atoms with van der Waals surface area (Å²) in [7, 11) is -2.97. The fourth-order valence-corrected chi connectivity index (χ4v) is 4.52. The topological polar surface area (TPSA) is 57.9 Å². The molecule has 0 N–H and O–H groups in total. The Morgan fingerprint density at radius 1 is 1.38 bits per heavy atom. The molecule has 3 nitrogen and oxygen atoms in total. The second kappa shape index (κ2) is 4.34. The molecule has 0 saturated heterocycles. The lowest BCUT2D eigenvalue weighted by atomic mass is 10.00. The normalized spacial score (nSPS) is 29.5. The van der Waals surface area contributed by atoms with Gasteiger partial charge in [-0.3, -0.25) is 0 Å². The number of nitrogens with zero attached hydrogens (tertiary/aromatic N) is 1. The van der Waals surface area contributed by atoms with Crippen LogP contribution in [0, 0.1) is 10.7 Å². The smallest absolute Gasteiger partial charge is 0.151 e. The van der Waals surface area contributed by atoms with E-state index in [1.54, 1.807) is 0 Å². The fourth-order valence-electron chi connectivity index (χ4n) is 1.76. The lowest BCUT2D eigenvalue weighted by molar-refractivity contribution is 0.496. The molecule has 0 aromatic heterocycles. The molecule has 1 rings (SSSR count). The number of hydrogen-bond donors (Lipinski definition) is 0. The number of rotatable bonds is 2. The Labute approximate surface area is 83.4 Å². The molecule has 0 amide bonds. The summed E-state index contributed by atoms with van der Waals surface area (Å²) in [5, 5.41) is 10.2. The zero-order valence-corrected chi connectivity index (χ0v) is 9.20. The highest BCUT2D eigenvalue weighted by atomic mass is 32.2. The minimum absolute atomic E-state index is 0.00579. The van der Waals surface area contributed by atoms with E-state index in [1.807, 2.05) is 5.40 Å². The van der Waals surface area contributed by atoms with Crippen molar-refractivity contribution >= 4 is 21.6 Å². The van der Waals surface area contributed by atoms with Crippen LogP contribution in [-0.4, -0.2) is 25.2 Å². The van der Waals surface area contributed by atoms with E-state index in [2.05, 4.69) is 0 Å². The Balaban J connectivity index is 2.74. The summed E-state index contributed by atoms with van der Waals surface area (Å²) in [6.45, 7) is 0. The fraction of sp³-hybridized carbons (Fsp3) is 0.875. The van der Waals surface area contributed by atoms with Gasteiger partial charge in [0.2, 0.25) is 0 Å². The second-order valence-electron chi connectivity index (χ2n) is 3.40. The van der Waals surface area contributed by atoms with Gasteiger partial charge in [-0.15, -0.1) is 0 Å². The Bertz CT molecular complexity index is 305. The summed E-state index contributed by atoms with van der Waals surface area (Å²) < 4.78 is 22.7. The van der Waals surface area contributed by atoms with Crippen LogP contribution >= 0.6 is 11.8 Å². The van der Waals surface area contributed by atoms with Crippen molar-refractivity contribution in [3.05, 3.63) is 0 Å². The highest BCUT2D eigenvalue weighted by molar-refractivity contribution is 8.05. The van der Waals surface area contributed by atoms with Crippen LogP contribution in [0.5, 0.6) is 0 Å². The molecule has 5 heteroatoms. The van der Waals surface area contributed by atoms with Gasteiger partial charge in [0.25, 0.3) is 0 Å². The highest BCUT2D eigenvalue weighted by Gasteiger charge is 2.33. The van der Waals surface area contributed by atoms with Gasteiger partial charge in [0, 0.05) is 11.5 Å². The SMILES string of the molecule is CS(=O)(=O)C1CCCCC1SC#N. The van der Waals surface area contributed by atoms with Crippen molar-refractivity contribution in [1.82, 2.24) is 0 Å². The van der Waals surface area contributed by atoms with Crippen molar-refractivity contribution in [1.29, 1.82) is 5.26 Å². The Hall–Kier alpha value is -0.210. The molecule has 1 saturated carbocycles. The van der Waals surface area contributed by atoms with Crippen LogP contribution in [-0.2, 0) is 9.84 Å². The van der Waals surface area contributed by atoms with Crippen molar-refractivity contribution in [2.45, 2.75) is 36.2 Å². The quantitative estimate of drug-likeness (QED) is 0.661. The first-order chi connectivity index (χ1) is 6.05. The van der Waals surface area contributed by atoms with Crippen molar-refractivity contribution in [2.24, 2.45) is 0 Å². The van der Waals surface area contributed by atoms with Gasteiger partial charge in [0.1, 0.15) is 5.40 Å². The number of sulfone groups is 1. The first-order valence-electron chi connectivity index (χ1n) is 4.29. The molecule has 1 fully saturated rings. The van der Waals surface area contributed by atoms with E-state index in [4.69, 9.17) is 5.26 Å². The largest absolute Gasteiger partial charge is 0.229 e. The molecule has 1 aliphatic rings. The Morgan fingerprint density at radius 3 is 2.54 bits per heavy atom. The van der Waals surface area contributed by atoms with Crippen molar-refractivity contribution < 1.29 is 8.42 Å². The van der Waals surface area contributed by atoms with Crippen LogP contribution in [0.15, 0.2) is 0 Å². The maximum Gasteiger partial charge on any atom is 0.151 e. The van der Waals surface area contributed by atoms with E-state index in [1.165, 1.54) is 6.26 Å². The summed E-state index contributed by atoms with van der Waals surface area (Å²) >= 11 is 1.11. The van der Waals surface area contributed by atoms with Gasteiger partial charge < -0.3 is 0 Å². The van der Waals surface area contributed by atoms with Crippen molar-refractivity contribution in [3.8, 4) is 5.40 Å². The van der Waals surface area contributed by atoms with Crippen LogP contribution < -0.4 is 0 Å². The molecule has 0 spiro atoms. The van der Waals surface area contributed by atoms with E-state index in [9.17, 15) is 8.42 Å². The third-order valence-electron chi connectivity index (χ3n) is 2.40. The minimum atomic E-state index is -2.97. The predicted octanol–water partition coefficient (Wildman–Crippen LogP) is 1.56. The average molecular weight is 219 g/mol. The molecule has 0 aromatic carbocycles. The van der Waals surface area contributed by atoms with Gasteiger partial charge in [-0.25, -0.2) is 8.42 Å². The van der Waals surface area contributed by atoms with Crippen LogP contribution in [0.4, 0.5) is 0 Å². The van der Waals surface area contributed by atoms with E-state index in [0.29, 0.717) is 0 Å². The summed E-state index contributed by atoms with van der Waals surface area (Å²) in [5.41, 5.74) is 0. The molecular formula is C8H13NO2S2. The molecule has 0 heterocycles. The molecule has 0 bridgehead atoms. The molecule has 0 aromatic rings. The maximum absolute atomic E-state index is 11.3. The van der Waals surface area contributed by atoms with Gasteiger partial charge in [0.05, 0.1) is 5.25 Å². The van der Waals surface area contributed by atoms with Crippen LogP contribution in [0.25, 0.3) is 0 Å². The number of thiocyanates is 1. The molecule has 74 valence electrons. The van der Waals surface area contributed by atoms with Gasteiger partial charge in [-0.1, -0.05) is 12.8 Å². The lowest BCUT2D eigenvalue weighted by Crippen LogP contribution is -2.33. The summed E-state index contributed by atoms with van der Waals surface area (Å²) in [5.74, 6) is 0. The van der Waals surface area contributed by atoms with Gasteiger partial charge in [-0.2, -0.15) is 5.26 Å². The monoisotopic (exact) mass is 219 g/mol. The standard InChI is InChI=1S/C8H13NO2S2/c1-13(10,11)8-5-3-2-4-7(8)12-6-9/h7-8H,2-5H2,1H3. The van der Waals surface area contributed by atoms with Gasteiger partial charge in [-0.05, 0) is 24.6 Å². The highest BCUT2D eigenvalue weighted by Crippen LogP contribution is 2.32. The van der Waals surface area contributed by atoms with Crippen LogP contribution in [0.2, 0.25) is 0 Å². The van der Waals surface area contributed by atoms with Gasteiger partial charge in [0.15, 0.2) is 9.84 Å². The Morgan fingerprint density at radius 2 is 2.00 bits per heavy atom. The minimum Gasteiger partial charge on any atom is -0.229 e. The third-order valence-corrected chi connectivity index (χ3v) is 5.20. The molecule has 1 aliphatic carbocycles. The molecule has 2 atom stereocenters. The Kier molecular flexibility index (Phi) is 3.63. The summed E-state index contributed by atoms with van der Waals surface area (Å²) in [6.07, 6.45) is 4.87. The van der Waals surface area contributed by atoms with E-state index in [-0.39, 0.29) is 10.5 Å². The zero-order chi connectivity index (χ0) is 9.90. The first-order valence-corrected chi connectivity index (χ1v) is 7.12. The number of nitriles is 1. The van der Waals surface area contributed by atoms with Crippen molar-refractivity contribution in [2.75, 3.05) is 6.26 Å². The molecule has 13 heavy (non-hydrogen) atoms. The maximum atomic E-state index is 11.3. The molecule has 0 radical (unpaired) electrons. The number of hydrogen-bond acceptors (Lipinski definition) is 4. The van der Waals surface area contributed by atoms with Crippen molar-refractivity contribution in [3.63, 3.8) is 0 Å². The van der Waals surface area contributed by atoms with Crippen LogP contribution in [0.1, 0.15) is 25.7 Å². The third kappa shape index (κ3) is 2.89. The van der Waals surface area contributed by atoms with E-state index in [0.717, 1.165) is 37.4 Å². The second-order valence-corrected chi connectivity index (χ2v) is 6.69. The molecule has 0 aliphatic heterocycles. The average Bonchev–Trinajstić information content (AvgIpc) is 2.04. The van der Waals surface area contributed by atoms with Gasteiger partial charge >= 0.3 is 0 Å². The zero-order valence-electron chi connectivity index (χ0n) is 7.56. The summed E-state index contributed by atoms with van der Waals surface area (Å²) in [4.78, 5) is 0. The van der Waals surface area contributed by atoms with E-state index < -0.39 is 9.84 Å². The first kappa shape index (κ1) is 10.9. The lowest BCUT2D eigenvalue weighted by Gasteiger charge is -2.27. The van der Waals surface area contributed by atoms with Crippen LogP contribution in [0.3, 0.4) is 0 Å². The molecular weight excluding hydrogens is 206 g/mol. The summed E-state index contributed by atoms with van der Waals surface area (Å²) in [6, 6.07) is 0. The predicted molar refractivity (Wildman–Crippen MR) is 54.1 cm³/mol. The molecule has 2 unspecified atom stereocenters.